The first-order valence-electron chi connectivity index (χ1n) is 7.85. The molecule has 3 amide bonds. The molecule has 0 fully saturated rings. The number of urea groups is 1. The van der Waals surface area contributed by atoms with Crippen LogP contribution < -0.4 is 21.1 Å². The van der Waals surface area contributed by atoms with E-state index in [2.05, 4.69) is 15.6 Å². The molecule has 1 heterocycles. The monoisotopic (exact) mass is 362 g/mol. The van der Waals surface area contributed by atoms with Crippen molar-refractivity contribution in [1.82, 2.24) is 10.3 Å². The van der Waals surface area contributed by atoms with Crippen molar-refractivity contribution >= 4 is 28.4 Å². The number of ether oxygens (including phenoxy) is 1. The van der Waals surface area contributed by atoms with Crippen molar-refractivity contribution in [3.8, 4) is 17.0 Å². The Kier molecular flexibility index (Phi) is 6.35. The summed E-state index contributed by atoms with van der Waals surface area (Å²) < 4.78 is 5.13. The number of primary amides is 1. The molecule has 0 unspecified atom stereocenters. The van der Waals surface area contributed by atoms with E-state index in [0.29, 0.717) is 11.6 Å². The van der Waals surface area contributed by atoms with E-state index in [0.717, 1.165) is 17.0 Å². The van der Waals surface area contributed by atoms with Crippen LogP contribution in [-0.4, -0.2) is 30.1 Å². The van der Waals surface area contributed by atoms with Gasteiger partial charge in [-0.3, -0.25) is 4.79 Å². The molecule has 0 saturated carbocycles. The molecule has 0 spiro atoms. The van der Waals surface area contributed by atoms with E-state index in [1.807, 2.05) is 43.5 Å². The van der Waals surface area contributed by atoms with Crippen molar-refractivity contribution in [2.75, 3.05) is 12.4 Å². The summed E-state index contributed by atoms with van der Waals surface area (Å²) in [6, 6.07) is 6.08. The molecule has 0 aliphatic rings. The molecular formula is C17H22N4O3S. The molecule has 1 aromatic carbocycles. The molecule has 1 atom stereocenters. The van der Waals surface area contributed by atoms with Crippen molar-refractivity contribution < 1.29 is 14.3 Å². The molecule has 8 heteroatoms. The van der Waals surface area contributed by atoms with Crippen LogP contribution in [0, 0.1) is 5.92 Å². The fourth-order valence-electron chi connectivity index (χ4n) is 2.29. The normalized spacial score (nSPS) is 11.8. The second kappa shape index (κ2) is 8.48. The minimum atomic E-state index is -0.723. The zero-order chi connectivity index (χ0) is 18.4. The number of thiazole rings is 1. The highest BCUT2D eigenvalue weighted by atomic mass is 32.1. The Balaban J connectivity index is 2.07. The fourth-order valence-corrected chi connectivity index (χ4v) is 3.02. The number of aromatic nitrogens is 1. The predicted molar refractivity (Wildman–Crippen MR) is 98.7 cm³/mol. The third-order valence-electron chi connectivity index (χ3n) is 3.46. The van der Waals surface area contributed by atoms with E-state index in [4.69, 9.17) is 10.5 Å². The van der Waals surface area contributed by atoms with Gasteiger partial charge >= 0.3 is 6.03 Å². The summed E-state index contributed by atoms with van der Waals surface area (Å²) in [6.45, 7) is 3.93. The molecule has 7 nitrogen and oxygen atoms in total. The predicted octanol–water partition coefficient (Wildman–Crippen LogP) is 2.84. The number of nitrogens with zero attached hydrogens (tertiary/aromatic N) is 1. The van der Waals surface area contributed by atoms with Gasteiger partial charge in [0.25, 0.3) is 0 Å². The van der Waals surface area contributed by atoms with Crippen LogP contribution in [-0.2, 0) is 4.79 Å². The Labute approximate surface area is 150 Å². The van der Waals surface area contributed by atoms with Crippen molar-refractivity contribution in [3.05, 3.63) is 29.6 Å². The smallest absolute Gasteiger partial charge is 0.312 e. The maximum absolute atomic E-state index is 12.4. The number of benzene rings is 1. The highest BCUT2D eigenvalue weighted by molar-refractivity contribution is 7.14. The van der Waals surface area contributed by atoms with Crippen LogP contribution in [0.1, 0.15) is 20.3 Å². The lowest BCUT2D eigenvalue weighted by Crippen LogP contribution is -2.46. The average Bonchev–Trinajstić information content (AvgIpc) is 3.02. The maximum atomic E-state index is 12.4. The second-order valence-corrected chi connectivity index (χ2v) is 6.80. The van der Waals surface area contributed by atoms with Crippen LogP contribution in [0.3, 0.4) is 0 Å². The number of methoxy groups -OCH3 is 1. The van der Waals surface area contributed by atoms with E-state index in [-0.39, 0.29) is 11.8 Å². The summed E-state index contributed by atoms with van der Waals surface area (Å²) in [4.78, 5) is 27.9. The minimum absolute atomic E-state index is 0.230. The number of rotatable bonds is 7. The molecular weight excluding hydrogens is 340 g/mol. The van der Waals surface area contributed by atoms with Gasteiger partial charge in [-0.1, -0.05) is 13.8 Å². The van der Waals surface area contributed by atoms with Gasteiger partial charge < -0.3 is 21.1 Å². The van der Waals surface area contributed by atoms with Gasteiger partial charge in [0.2, 0.25) is 5.91 Å². The van der Waals surface area contributed by atoms with Gasteiger partial charge in [-0.15, -0.1) is 11.3 Å². The SMILES string of the molecule is COc1ccc(-c2csc(NC(=O)[C@@H](CC(C)C)NC(N)=O)n2)cc1. The molecule has 4 N–H and O–H groups in total. The average molecular weight is 362 g/mol. The first-order valence-corrected chi connectivity index (χ1v) is 8.73. The van der Waals surface area contributed by atoms with E-state index in [1.54, 1.807) is 7.11 Å². The molecule has 25 heavy (non-hydrogen) atoms. The Morgan fingerprint density at radius 1 is 1.28 bits per heavy atom. The molecule has 134 valence electrons. The molecule has 2 aromatic rings. The highest BCUT2D eigenvalue weighted by Gasteiger charge is 2.22. The number of amides is 3. The van der Waals surface area contributed by atoms with E-state index in [1.165, 1.54) is 11.3 Å². The summed E-state index contributed by atoms with van der Waals surface area (Å²) in [7, 11) is 1.61. The third-order valence-corrected chi connectivity index (χ3v) is 4.22. The Morgan fingerprint density at radius 3 is 2.52 bits per heavy atom. The Hall–Kier alpha value is -2.61. The van der Waals surface area contributed by atoms with Crippen molar-refractivity contribution in [1.29, 1.82) is 0 Å². The van der Waals surface area contributed by atoms with Crippen LogP contribution >= 0.6 is 11.3 Å². The number of anilines is 1. The fraction of sp³-hybridized carbons (Fsp3) is 0.353. The van der Waals surface area contributed by atoms with Gasteiger partial charge in [0.05, 0.1) is 12.8 Å². The van der Waals surface area contributed by atoms with E-state index < -0.39 is 12.1 Å². The van der Waals surface area contributed by atoms with Gasteiger partial charge in [-0.05, 0) is 36.6 Å². The van der Waals surface area contributed by atoms with Crippen molar-refractivity contribution in [2.45, 2.75) is 26.3 Å². The summed E-state index contributed by atoms with van der Waals surface area (Å²) in [5, 5.41) is 7.54. The number of hydrogen-bond donors (Lipinski definition) is 3. The lowest BCUT2D eigenvalue weighted by atomic mass is 10.0. The summed E-state index contributed by atoms with van der Waals surface area (Å²) in [5.74, 6) is 0.665. The molecule has 2 rings (SSSR count). The van der Waals surface area contributed by atoms with Crippen LogP contribution in [0.4, 0.5) is 9.93 Å². The summed E-state index contributed by atoms with van der Waals surface area (Å²) >= 11 is 1.32. The Morgan fingerprint density at radius 2 is 1.96 bits per heavy atom. The van der Waals surface area contributed by atoms with Crippen LogP contribution in [0.15, 0.2) is 29.6 Å². The first kappa shape index (κ1) is 18.7. The van der Waals surface area contributed by atoms with Crippen LogP contribution in [0.25, 0.3) is 11.3 Å². The number of nitrogens with two attached hydrogens (primary N) is 1. The van der Waals surface area contributed by atoms with E-state index >= 15 is 0 Å². The zero-order valence-corrected chi connectivity index (χ0v) is 15.2. The van der Waals surface area contributed by atoms with Gasteiger partial charge in [-0.2, -0.15) is 0 Å². The summed E-state index contributed by atoms with van der Waals surface area (Å²) in [5.41, 5.74) is 6.83. The number of carbonyl (C=O) groups excluding carboxylic acids is 2. The molecule has 0 bridgehead atoms. The van der Waals surface area contributed by atoms with Gasteiger partial charge in [0.1, 0.15) is 11.8 Å². The van der Waals surface area contributed by atoms with Crippen LogP contribution in [0.5, 0.6) is 5.75 Å². The van der Waals surface area contributed by atoms with Gasteiger partial charge in [0, 0.05) is 10.9 Å². The molecule has 1 aromatic heterocycles. The van der Waals surface area contributed by atoms with Gasteiger partial charge in [-0.25, -0.2) is 9.78 Å². The Bertz CT molecular complexity index is 728. The summed E-state index contributed by atoms with van der Waals surface area (Å²) in [6.07, 6.45) is 0.492. The van der Waals surface area contributed by atoms with Crippen molar-refractivity contribution in [3.63, 3.8) is 0 Å². The standard InChI is InChI=1S/C17H22N4O3S/c1-10(2)8-13(19-16(18)23)15(22)21-17-20-14(9-25-17)11-4-6-12(24-3)7-5-11/h4-7,9-10,13H,8H2,1-3H3,(H3,18,19,23)(H,20,21,22)/t13-/m1/s1. The van der Waals surface area contributed by atoms with E-state index in [9.17, 15) is 9.59 Å². The molecule has 0 radical (unpaired) electrons. The third kappa shape index (κ3) is 5.46. The molecule has 0 saturated heterocycles. The highest BCUT2D eigenvalue weighted by Crippen LogP contribution is 2.26. The number of hydrogen-bond acceptors (Lipinski definition) is 5. The van der Waals surface area contributed by atoms with Crippen LogP contribution in [0.2, 0.25) is 0 Å². The van der Waals surface area contributed by atoms with Crippen molar-refractivity contribution in [2.24, 2.45) is 11.7 Å². The lowest BCUT2D eigenvalue weighted by Gasteiger charge is -2.18. The molecule has 0 aliphatic heterocycles. The van der Waals surface area contributed by atoms with Gasteiger partial charge in [0.15, 0.2) is 5.13 Å². The second-order valence-electron chi connectivity index (χ2n) is 5.95. The largest absolute Gasteiger partial charge is 0.497 e. The minimum Gasteiger partial charge on any atom is -0.497 e. The quantitative estimate of drug-likeness (QED) is 0.704. The zero-order valence-electron chi connectivity index (χ0n) is 14.4. The first-order chi connectivity index (χ1) is 11.9. The lowest BCUT2D eigenvalue weighted by molar-refractivity contribution is -0.118. The topological polar surface area (TPSA) is 106 Å². The molecule has 0 aliphatic carbocycles. The number of carbonyl (C=O) groups is 2. The maximum Gasteiger partial charge on any atom is 0.312 e. The number of nitrogens with one attached hydrogen (secondary N) is 2.